The van der Waals surface area contributed by atoms with Crippen LogP contribution in [0.4, 0.5) is 15.9 Å². The van der Waals surface area contributed by atoms with Crippen LogP contribution in [0.1, 0.15) is 11.1 Å². The maximum absolute atomic E-state index is 13.7. The molecule has 4 N–H and O–H groups in total. The third kappa shape index (κ3) is 4.75. The van der Waals surface area contributed by atoms with Gasteiger partial charge in [-0.2, -0.15) is 0 Å². The Morgan fingerprint density at radius 1 is 1.13 bits per heavy atom. The summed E-state index contributed by atoms with van der Waals surface area (Å²) in [6, 6.07) is 15.3. The summed E-state index contributed by atoms with van der Waals surface area (Å²) in [5.74, 6) is -0.891. The second-order valence-corrected chi connectivity index (χ2v) is 6.79. The van der Waals surface area contributed by atoms with E-state index in [1.165, 1.54) is 22.6 Å². The van der Waals surface area contributed by atoms with Crippen molar-refractivity contribution in [1.82, 2.24) is 14.9 Å². The number of nitrogen functional groups attached to an aromatic ring is 1. The Hall–Kier alpha value is -3.88. The molecule has 0 saturated heterocycles. The molecule has 0 aliphatic carbocycles. The van der Waals surface area contributed by atoms with Gasteiger partial charge in [-0.3, -0.25) is 19.1 Å². The van der Waals surface area contributed by atoms with Crippen molar-refractivity contribution in [2.75, 3.05) is 24.2 Å². The minimum atomic E-state index is -0.689. The monoisotopic (exact) mass is 411 g/mol. The zero-order valence-corrected chi connectivity index (χ0v) is 16.4. The van der Waals surface area contributed by atoms with Crippen LogP contribution in [-0.2, 0) is 17.9 Å². The number of aromatic nitrogens is 2. The number of H-pyrrole nitrogens is 1. The molecule has 30 heavy (non-hydrogen) atoms. The average Bonchev–Trinajstić information content (AvgIpc) is 2.71. The molecular formula is C21H22FN5O3. The summed E-state index contributed by atoms with van der Waals surface area (Å²) in [6.07, 6.45) is 0. The lowest BCUT2D eigenvalue weighted by Crippen LogP contribution is -2.41. The number of nitrogens with two attached hydrogens (primary N) is 1. The van der Waals surface area contributed by atoms with Gasteiger partial charge < -0.3 is 16.0 Å². The van der Waals surface area contributed by atoms with Crippen molar-refractivity contribution in [3.05, 3.63) is 92.4 Å². The molecule has 0 fully saturated rings. The van der Waals surface area contributed by atoms with Gasteiger partial charge in [-0.15, -0.1) is 0 Å². The molecule has 9 heteroatoms. The summed E-state index contributed by atoms with van der Waals surface area (Å²) in [4.78, 5) is 40.5. The van der Waals surface area contributed by atoms with E-state index in [-0.39, 0.29) is 31.1 Å². The first kappa shape index (κ1) is 20.8. The first-order valence-electron chi connectivity index (χ1n) is 9.24. The fourth-order valence-corrected chi connectivity index (χ4v) is 3.06. The maximum Gasteiger partial charge on any atom is 0.330 e. The summed E-state index contributed by atoms with van der Waals surface area (Å²) >= 11 is 0. The SMILES string of the molecule is CN(CC(=O)NCc1ccccc1F)c1c(N)n(Cc2ccccc2)c(=O)[nH]c1=O. The van der Waals surface area contributed by atoms with Crippen LogP contribution in [0.25, 0.3) is 0 Å². The highest BCUT2D eigenvalue weighted by Crippen LogP contribution is 2.16. The molecule has 2 aromatic carbocycles. The van der Waals surface area contributed by atoms with E-state index in [1.54, 1.807) is 18.2 Å². The van der Waals surface area contributed by atoms with Gasteiger partial charge >= 0.3 is 5.69 Å². The number of nitrogens with one attached hydrogen (secondary N) is 2. The van der Waals surface area contributed by atoms with Gasteiger partial charge in [0.25, 0.3) is 5.56 Å². The average molecular weight is 411 g/mol. The van der Waals surface area contributed by atoms with E-state index in [9.17, 15) is 18.8 Å². The lowest BCUT2D eigenvalue weighted by Gasteiger charge is -2.21. The molecule has 3 rings (SSSR count). The third-order valence-electron chi connectivity index (χ3n) is 4.59. The normalized spacial score (nSPS) is 10.6. The van der Waals surface area contributed by atoms with Gasteiger partial charge in [-0.1, -0.05) is 48.5 Å². The van der Waals surface area contributed by atoms with Crippen LogP contribution in [0.3, 0.4) is 0 Å². The van der Waals surface area contributed by atoms with E-state index in [2.05, 4.69) is 10.3 Å². The molecule has 0 bridgehead atoms. The number of rotatable bonds is 7. The van der Waals surface area contributed by atoms with Crippen LogP contribution in [-0.4, -0.2) is 29.1 Å². The zero-order chi connectivity index (χ0) is 21.7. The van der Waals surface area contributed by atoms with Crippen molar-refractivity contribution in [2.45, 2.75) is 13.1 Å². The van der Waals surface area contributed by atoms with Gasteiger partial charge in [0.05, 0.1) is 13.1 Å². The van der Waals surface area contributed by atoms with Gasteiger partial charge in [0.1, 0.15) is 17.3 Å². The van der Waals surface area contributed by atoms with E-state index in [1.807, 2.05) is 30.3 Å². The lowest BCUT2D eigenvalue weighted by atomic mass is 10.2. The summed E-state index contributed by atoms with van der Waals surface area (Å²) in [6.45, 7) is -0.0213. The molecule has 0 aliphatic heterocycles. The minimum Gasteiger partial charge on any atom is -0.383 e. The molecule has 1 amide bonds. The van der Waals surface area contributed by atoms with E-state index in [0.717, 1.165) is 5.56 Å². The van der Waals surface area contributed by atoms with E-state index in [0.29, 0.717) is 5.56 Å². The fourth-order valence-electron chi connectivity index (χ4n) is 3.06. The predicted octanol–water partition coefficient (Wildman–Crippen LogP) is 1.06. The quantitative estimate of drug-likeness (QED) is 0.538. The van der Waals surface area contributed by atoms with Crippen molar-refractivity contribution in [3.8, 4) is 0 Å². The van der Waals surface area contributed by atoms with Gasteiger partial charge in [-0.25, -0.2) is 9.18 Å². The topological polar surface area (TPSA) is 113 Å². The van der Waals surface area contributed by atoms with Crippen molar-refractivity contribution in [2.24, 2.45) is 0 Å². The number of aromatic amines is 1. The van der Waals surface area contributed by atoms with Crippen LogP contribution in [0.5, 0.6) is 0 Å². The van der Waals surface area contributed by atoms with Gasteiger partial charge in [-0.05, 0) is 11.6 Å². The van der Waals surface area contributed by atoms with Crippen molar-refractivity contribution in [3.63, 3.8) is 0 Å². The van der Waals surface area contributed by atoms with E-state index >= 15 is 0 Å². The Kier molecular flexibility index (Phi) is 6.31. The second kappa shape index (κ2) is 9.08. The first-order valence-corrected chi connectivity index (χ1v) is 9.24. The molecule has 0 unspecified atom stereocenters. The molecule has 156 valence electrons. The molecular weight excluding hydrogens is 389 g/mol. The van der Waals surface area contributed by atoms with Gasteiger partial charge in [0, 0.05) is 19.2 Å². The number of amides is 1. The largest absolute Gasteiger partial charge is 0.383 e. The number of carbonyl (C=O) groups is 1. The number of carbonyl (C=O) groups excluding carboxylic acids is 1. The zero-order valence-electron chi connectivity index (χ0n) is 16.4. The standard InChI is InChI=1S/C21H22FN5O3/c1-26(13-17(28)24-11-15-9-5-6-10-16(15)22)18-19(23)27(21(30)25-20(18)29)12-14-7-3-2-4-8-14/h2-10H,11-13,23H2,1H3,(H,24,28)(H,25,29,30). The van der Waals surface area contributed by atoms with E-state index in [4.69, 9.17) is 5.73 Å². The third-order valence-corrected chi connectivity index (χ3v) is 4.59. The molecule has 1 heterocycles. The summed E-state index contributed by atoms with van der Waals surface area (Å²) in [5, 5.41) is 2.60. The van der Waals surface area contributed by atoms with Gasteiger partial charge in [0.15, 0.2) is 0 Å². The van der Waals surface area contributed by atoms with Crippen molar-refractivity contribution < 1.29 is 9.18 Å². The highest BCUT2D eigenvalue weighted by molar-refractivity contribution is 5.82. The van der Waals surface area contributed by atoms with Crippen LogP contribution in [0, 0.1) is 5.82 Å². The Labute approximate surface area is 171 Å². The minimum absolute atomic E-state index is 0.00609. The number of hydrogen-bond acceptors (Lipinski definition) is 5. The van der Waals surface area contributed by atoms with Crippen LogP contribution >= 0.6 is 0 Å². The van der Waals surface area contributed by atoms with Crippen LogP contribution in [0.2, 0.25) is 0 Å². The Morgan fingerprint density at radius 3 is 2.50 bits per heavy atom. The number of hydrogen-bond donors (Lipinski definition) is 3. The number of halogens is 1. The molecule has 0 spiro atoms. The smallest absolute Gasteiger partial charge is 0.330 e. The second-order valence-electron chi connectivity index (χ2n) is 6.79. The molecule has 1 aromatic heterocycles. The number of nitrogens with zero attached hydrogens (tertiary/aromatic N) is 2. The number of anilines is 2. The van der Waals surface area contributed by atoms with Gasteiger partial charge in [0.2, 0.25) is 5.91 Å². The molecule has 0 saturated carbocycles. The van der Waals surface area contributed by atoms with E-state index < -0.39 is 23.0 Å². The molecule has 8 nitrogen and oxygen atoms in total. The highest BCUT2D eigenvalue weighted by atomic mass is 19.1. The maximum atomic E-state index is 13.7. The van der Waals surface area contributed by atoms with Crippen molar-refractivity contribution in [1.29, 1.82) is 0 Å². The molecule has 0 radical (unpaired) electrons. The van der Waals surface area contributed by atoms with Crippen molar-refractivity contribution >= 4 is 17.4 Å². The number of benzene rings is 2. The van der Waals surface area contributed by atoms with Crippen LogP contribution in [0.15, 0.2) is 64.2 Å². The lowest BCUT2D eigenvalue weighted by molar-refractivity contribution is -0.119. The molecule has 3 aromatic rings. The fraction of sp³-hybridized carbons (Fsp3) is 0.190. The summed E-state index contributed by atoms with van der Waals surface area (Å²) in [7, 11) is 1.51. The Morgan fingerprint density at radius 2 is 1.80 bits per heavy atom. The summed E-state index contributed by atoms with van der Waals surface area (Å²) < 4.78 is 14.9. The molecule has 0 aliphatic rings. The van der Waals surface area contributed by atoms with Crippen LogP contribution < -0.4 is 27.2 Å². The highest BCUT2D eigenvalue weighted by Gasteiger charge is 2.18. The Bertz CT molecular complexity index is 1160. The molecule has 0 atom stereocenters. The number of likely N-dealkylation sites (N-methyl/N-ethyl adjacent to an activating group) is 1. The summed E-state index contributed by atoms with van der Waals surface area (Å²) in [5.41, 5.74) is 5.97. The first-order chi connectivity index (χ1) is 14.4. The Balaban J connectivity index is 1.76. The predicted molar refractivity (Wildman–Crippen MR) is 113 cm³/mol.